The lowest BCUT2D eigenvalue weighted by atomic mass is 9.84. The monoisotopic (exact) mass is 375 g/mol. The Morgan fingerprint density at radius 3 is 2.81 bits per heavy atom. The number of amides is 1. The Morgan fingerprint density at radius 1 is 1.31 bits per heavy atom. The standard InChI is InChI=1S/C20H22ClNO4/c21-15-7-4-8-17-14(15)10-13-11-22(19(23)18(13)26-17)16(20(24)25)9-12-5-2-1-3-6-12/h4,7-8,12,16H,1-3,5-6,9-11H2,(H,24,25)/t16-/m0/s1. The fraction of sp³-hybridized carbons (Fsp3) is 0.500. The van der Waals surface area contributed by atoms with E-state index in [9.17, 15) is 14.7 Å². The van der Waals surface area contributed by atoms with E-state index in [0.717, 1.165) is 36.8 Å². The zero-order valence-electron chi connectivity index (χ0n) is 14.5. The summed E-state index contributed by atoms with van der Waals surface area (Å²) in [4.78, 5) is 26.3. The predicted molar refractivity (Wildman–Crippen MR) is 97.1 cm³/mol. The van der Waals surface area contributed by atoms with Gasteiger partial charge < -0.3 is 14.7 Å². The van der Waals surface area contributed by atoms with Gasteiger partial charge in [0.25, 0.3) is 5.91 Å². The molecule has 3 aliphatic rings. The number of carboxylic acid groups (broad SMARTS) is 1. The van der Waals surface area contributed by atoms with E-state index in [1.54, 1.807) is 18.2 Å². The van der Waals surface area contributed by atoms with Crippen molar-refractivity contribution in [2.45, 2.75) is 51.0 Å². The molecule has 4 rings (SSSR count). The van der Waals surface area contributed by atoms with Crippen molar-refractivity contribution >= 4 is 23.5 Å². The molecule has 2 aliphatic heterocycles. The number of rotatable bonds is 4. The van der Waals surface area contributed by atoms with Gasteiger partial charge in [0.05, 0.1) is 0 Å². The third-order valence-electron chi connectivity index (χ3n) is 5.76. The summed E-state index contributed by atoms with van der Waals surface area (Å²) in [5, 5.41) is 10.4. The maximum absolute atomic E-state index is 12.9. The SMILES string of the molecule is O=C(O)[C@H](CC1CCCCC1)N1CC2=C(Oc3cccc(Cl)c3C2)C1=O. The highest BCUT2D eigenvalue weighted by Crippen LogP contribution is 2.39. The molecule has 1 aliphatic carbocycles. The first-order valence-electron chi connectivity index (χ1n) is 9.25. The number of hydrogen-bond acceptors (Lipinski definition) is 3. The number of carbonyl (C=O) groups excluding carboxylic acids is 1. The van der Waals surface area contributed by atoms with Crippen LogP contribution in [-0.4, -0.2) is 34.5 Å². The van der Waals surface area contributed by atoms with E-state index in [1.165, 1.54) is 11.3 Å². The van der Waals surface area contributed by atoms with Gasteiger partial charge in [-0.25, -0.2) is 4.79 Å². The lowest BCUT2D eigenvalue weighted by Crippen LogP contribution is -2.44. The molecule has 0 aromatic heterocycles. The summed E-state index contributed by atoms with van der Waals surface area (Å²) in [5.74, 6) is 0.0104. The Morgan fingerprint density at radius 2 is 2.08 bits per heavy atom. The average molecular weight is 376 g/mol. The number of carbonyl (C=O) groups is 2. The van der Waals surface area contributed by atoms with Crippen LogP contribution in [0.1, 0.15) is 44.1 Å². The van der Waals surface area contributed by atoms with Gasteiger partial charge in [-0.2, -0.15) is 0 Å². The molecule has 1 N–H and O–H groups in total. The van der Waals surface area contributed by atoms with Crippen molar-refractivity contribution in [3.63, 3.8) is 0 Å². The van der Waals surface area contributed by atoms with Crippen LogP contribution in [0.15, 0.2) is 29.5 Å². The molecule has 1 aromatic rings. The van der Waals surface area contributed by atoms with Gasteiger partial charge in [-0.15, -0.1) is 0 Å². The van der Waals surface area contributed by atoms with E-state index in [2.05, 4.69) is 0 Å². The van der Waals surface area contributed by atoms with E-state index in [1.807, 2.05) is 0 Å². The van der Waals surface area contributed by atoms with Crippen LogP contribution in [0, 0.1) is 5.92 Å². The molecular weight excluding hydrogens is 354 g/mol. The summed E-state index contributed by atoms with van der Waals surface area (Å²) >= 11 is 6.25. The quantitative estimate of drug-likeness (QED) is 0.869. The lowest BCUT2D eigenvalue weighted by Gasteiger charge is -2.30. The minimum atomic E-state index is -0.931. The number of halogens is 1. The molecule has 6 heteroatoms. The topological polar surface area (TPSA) is 66.8 Å². The number of benzene rings is 1. The lowest BCUT2D eigenvalue weighted by molar-refractivity contribution is -0.149. The van der Waals surface area contributed by atoms with Crippen LogP contribution in [0.5, 0.6) is 5.75 Å². The highest BCUT2D eigenvalue weighted by Gasteiger charge is 2.42. The van der Waals surface area contributed by atoms with Crippen molar-refractivity contribution < 1.29 is 19.4 Å². The van der Waals surface area contributed by atoms with Crippen LogP contribution in [0.4, 0.5) is 0 Å². The Kier molecular flexibility index (Phi) is 4.65. The second kappa shape index (κ2) is 6.95. The summed E-state index contributed by atoms with van der Waals surface area (Å²) < 4.78 is 5.81. The van der Waals surface area contributed by atoms with Gasteiger partial charge in [-0.05, 0) is 24.5 Å². The molecule has 1 aromatic carbocycles. The molecule has 0 radical (unpaired) electrons. The molecule has 1 atom stereocenters. The number of nitrogens with zero attached hydrogens (tertiary/aromatic N) is 1. The molecule has 0 bridgehead atoms. The summed E-state index contributed by atoms with van der Waals surface area (Å²) in [6.45, 7) is 0.308. The molecule has 5 nitrogen and oxygen atoms in total. The maximum atomic E-state index is 12.9. The Bertz CT molecular complexity index is 782. The van der Waals surface area contributed by atoms with Crippen molar-refractivity contribution in [2.24, 2.45) is 5.92 Å². The van der Waals surface area contributed by atoms with Gasteiger partial charge in [-0.1, -0.05) is 49.8 Å². The molecule has 1 fully saturated rings. The van der Waals surface area contributed by atoms with Gasteiger partial charge in [0.2, 0.25) is 0 Å². The molecular formula is C20H22ClNO4. The third-order valence-corrected chi connectivity index (χ3v) is 6.11. The molecule has 0 spiro atoms. The Labute approximate surface area is 157 Å². The minimum Gasteiger partial charge on any atom is -0.480 e. The van der Waals surface area contributed by atoms with Crippen LogP contribution >= 0.6 is 11.6 Å². The minimum absolute atomic E-state index is 0.287. The van der Waals surface area contributed by atoms with Gasteiger partial charge in [0.1, 0.15) is 11.8 Å². The van der Waals surface area contributed by atoms with E-state index in [4.69, 9.17) is 16.3 Å². The van der Waals surface area contributed by atoms with Crippen LogP contribution < -0.4 is 4.74 Å². The van der Waals surface area contributed by atoms with E-state index in [-0.39, 0.29) is 11.7 Å². The highest BCUT2D eigenvalue weighted by atomic mass is 35.5. The second-order valence-electron chi connectivity index (χ2n) is 7.45. The zero-order valence-corrected chi connectivity index (χ0v) is 15.3. The Hall–Kier alpha value is -2.01. The van der Waals surface area contributed by atoms with Gasteiger partial charge in [-0.3, -0.25) is 4.79 Å². The molecule has 1 amide bonds. The predicted octanol–water partition coefficient (Wildman–Crippen LogP) is 3.79. The van der Waals surface area contributed by atoms with E-state index >= 15 is 0 Å². The van der Waals surface area contributed by atoms with Crippen molar-refractivity contribution in [2.75, 3.05) is 6.54 Å². The largest absolute Gasteiger partial charge is 0.480 e. The zero-order chi connectivity index (χ0) is 18.3. The first kappa shape index (κ1) is 17.4. The molecule has 1 saturated carbocycles. The fourth-order valence-corrected chi connectivity index (χ4v) is 4.60. The molecule has 2 heterocycles. The average Bonchev–Trinajstić information content (AvgIpc) is 2.95. The van der Waals surface area contributed by atoms with Crippen LogP contribution in [0.3, 0.4) is 0 Å². The number of carboxylic acids is 1. The van der Waals surface area contributed by atoms with Gasteiger partial charge in [0.15, 0.2) is 5.76 Å². The van der Waals surface area contributed by atoms with Crippen LogP contribution in [0.2, 0.25) is 5.02 Å². The maximum Gasteiger partial charge on any atom is 0.326 e. The molecule has 0 saturated heterocycles. The summed E-state index contributed by atoms with van der Waals surface area (Å²) in [6.07, 6.45) is 6.68. The summed E-state index contributed by atoms with van der Waals surface area (Å²) in [7, 11) is 0. The van der Waals surface area contributed by atoms with Crippen LogP contribution in [0.25, 0.3) is 0 Å². The third kappa shape index (κ3) is 3.09. The normalized spacial score (nSPS) is 21.3. The molecule has 26 heavy (non-hydrogen) atoms. The van der Waals surface area contributed by atoms with Crippen molar-refractivity contribution in [3.05, 3.63) is 40.1 Å². The summed E-state index contributed by atoms with van der Waals surface area (Å²) in [6, 6.07) is 4.58. The molecule has 138 valence electrons. The van der Waals surface area contributed by atoms with Crippen molar-refractivity contribution in [3.8, 4) is 5.75 Å². The summed E-state index contributed by atoms with van der Waals surface area (Å²) in [5.41, 5.74) is 1.69. The van der Waals surface area contributed by atoms with Crippen LogP contribution in [-0.2, 0) is 16.0 Å². The van der Waals surface area contributed by atoms with Gasteiger partial charge >= 0.3 is 5.97 Å². The Balaban J connectivity index is 1.53. The van der Waals surface area contributed by atoms with Crippen molar-refractivity contribution in [1.29, 1.82) is 0 Å². The number of hydrogen-bond donors (Lipinski definition) is 1. The first-order valence-corrected chi connectivity index (χ1v) is 9.63. The van der Waals surface area contributed by atoms with E-state index < -0.39 is 12.0 Å². The number of ether oxygens (including phenoxy) is 1. The van der Waals surface area contributed by atoms with E-state index in [0.29, 0.717) is 36.1 Å². The second-order valence-corrected chi connectivity index (χ2v) is 7.86. The fourth-order valence-electron chi connectivity index (χ4n) is 4.36. The number of aliphatic carboxylic acids is 1. The molecule has 0 unspecified atom stereocenters. The smallest absolute Gasteiger partial charge is 0.326 e. The highest BCUT2D eigenvalue weighted by molar-refractivity contribution is 6.31. The van der Waals surface area contributed by atoms with Crippen molar-refractivity contribution in [1.82, 2.24) is 4.90 Å². The number of fused-ring (bicyclic) bond motifs is 1. The first-order chi connectivity index (χ1) is 12.5. The van der Waals surface area contributed by atoms with Gasteiger partial charge in [0, 0.05) is 29.1 Å².